The Morgan fingerprint density at radius 1 is 1.15 bits per heavy atom. The Kier molecular flexibility index (Phi) is 4.43. The summed E-state index contributed by atoms with van der Waals surface area (Å²) in [5.41, 5.74) is 2.53. The van der Waals surface area contributed by atoms with Gasteiger partial charge in [-0.15, -0.1) is 0 Å². The van der Waals surface area contributed by atoms with Crippen molar-refractivity contribution in [2.45, 2.75) is 6.54 Å². The molecule has 0 radical (unpaired) electrons. The molecule has 0 bridgehead atoms. The molecule has 4 aromatic rings. The molecule has 2 heterocycles. The summed E-state index contributed by atoms with van der Waals surface area (Å²) in [6.07, 6.45) is 3.15. The molecular formula is C19H14ClN5O2. The highest BCUT2D eigenvalue weighted by Gasteiger charge is 2.11. The summed E-state index contributed by atoms with van der Waals surface area (Å²) in [4.78, 5) is 19.7. The number of aromatic nitrogens is 4. The second-order valence-electron chi connectivity index (χ2n) is 5.85. The molecule has 0 saturated carbocycles. The van der Waals surface area contributed by atoms with Crippen LogP contribution < -0.4 is 5.32 Å². The van der Waals surface area contributed by atoms with Gasteiger partial charge >= 0.3 is 5.97 Å². The summed E-state index contributed by atoms with van der Waals surface area (Å²) in [7, 11) is 0. The minimum atomic E-state index is -0.955. The van der Waals surface area contributed by atoms with E-state index in [2.05, 4.69) is 20.4 Å². The van der Waals surface area contributed by atoms with Crippen LogP contribution in [-0.2, 0) is 6.54 Å². The zero-order chi connectivity index (χ0) is 18.8. The maximum atomic E-state index is 11.1. The number of rotatable bonds is 5. The lowest BCUT2D eigenvalue weighted by atomic mass is 10.1. The number of hydrogen-bond donors (Lipinski definition) is 2. The summed E-state index contributed by atoms with van der Waals surface area (Å²) in [6.45, 7) is 0.426. The van der Waals surface area contributed by atoms with E-state index in [-0.39, 0.29) is 5.56 Å². The van der Waals surface area contributed by atoms with Gasteiger partial charge in [0, 0.05) is 11.6 Å². The van der Waals surface area contributed by atoms with E-state index in [0.717, 1.165) is 16.6 Å². The first-order valence-corrected chi connectivity index (χ1v) is 8.50. The largest absolute Gasteiger partial charge is 0.478 e. The van der Waals surface area contributed by atoms with Crippen molar-refractivity contribution in [1.29, 1.82) is 0 Å². The number of anilines is 1. The third-order valence-electron chi connectivity index (χ3n) is 4.05. The molecule has 2 aromatic carbocycles. The van der Waals surface area contributed by atoms with Crippen LogP contribution in [0.15, 0.2) is 61.1 Å². The number of hydrogen-bond acceptors (Lipinski definition) is 5. The number of nitrogens with zero attached hydrogens (tertiary/aromatic N) is 4. The van der Waals surface area contributed by atoms with Crippen LogP contribution in [-0.4, -0.2) is 30.8 Å². The fourth-order valence-electron chi connectivity index (χ4n) is 2.78. The summed E-state index contributed by atoms with van der Waals surface area (Å²) in [6, 6.07) is 14.1. The van der Waals surface area contributed by atoms with Gasteiger partial charge in [0.2, 0.25) is 0 Å². The van der Waals surface area contributed by atoms with Gasteiger partial charge in [-0.1, -0.05) is 29.8 Å². The fraction of sp³-hybridized carbons (Fsp3) is 0.0526. The third kappa shape index (κ3) is 3.45. The number of carboxylic acid groups (broad SMARTS) is 1. The third-order valence-corrected chi connectivity index (χ3v) is 4.29. The Morgan fingerprint density at radius 2 is 2.00 bits per heavy atom. The van der Waals surface area contributed by atoms with Crippen molar-refractivity contribution in [3.8, 4) is 5.69 Å². The van der Waals surface area contributed by atoms with Crippen LogP contribution >= 0.6 is 11.6 Å². The highest BCUT2D eigenvalue weighted by Crippen LogP contribution is 2.23. The molecule has 0 amide bonds. The average Bonchev–Trinajstić information content (AvgIpc) is 3.11. The fourth-order valence-corrected chi connectivity index (χ4v) is 2.97. The van der Waals surface area contributed by atoms with Crippen LogP contribution in [0.4, 0.5) is 5.82 Å². The van der Waals surface area contributed by atoms with Crippen LogP contribution in [0.3, 0.4) is 0 Å². The zero-order valence-electron chi connectivity index (χ0n) is 14.0. The molecule has 0 aliphatic rings. The highest BCUT2D eigenvalue weighted by molar-refractivity contribution is 6.30. The van der Waals surface area contributed by atoms with Gasteiger partial charge in [0.05, 0.1) is 22.8 Å². The van der Waals surface area contributed by atoms with E-state index in [1.807, 2.05) is 18.2 Å². The molecule has 2 N–H and O–H groups in total. The molecule has 0 atom stereocenters. The number of nitrogens with one attached hydrogen (secondary N) is 1. The molecule has 0 aliphatic carbocycles. The first-order valence-electron chi connectivity index (χ1n) is 8.12. The van der Waals surface area contributed by atoms with E-state index in [4.69, 9.17) is 16.7 Å². The van der Waals surface area contributed by atoms with Crippen LogP contribution in [0.5, 0.6) is 0 Å². The molecule has 7 nitrogen and oxygen atoms in total. The number of fused-ring (bicyclic) bond motifs is 1. The Hall–Kier alpha value is -3.45. The molecule has 0 aliphatic heterocycles. The number of carboxylic acids is 1. The number of halogens is 1. The van der Waals surface area contributed by atoms with E-state index in [1.165, 1.54) is 6.33 Å². The predicted molar refractivity (Wildman–Crippen MR) is 102 cm³/mol. The number of carbonyl (C=O) groups is 1. The van der Waals surface area contributed by atoms with E-state index in [0.29, 0.717) is 23.0 Å². The summed E-state index contributed by atoms with van der Waals surface area (Å²) in [5.74, 6) is -0.335. The Balaban J connectivity index is 1.64. The zero-order valence-corrected chi connectivity index (χ0v) is 14.8. The Labute approximate surface area is 159 Å². The molecule has 27 heavy (non-hydrogen) atoms. The van der Waals surface area contributed by atoms with Crippen molar-refractivity contribution >= 4 is 34.4 Å². The molecular weight excluding hydrogens is 366 g/mol. The molecule has 0 spiro atoms. The molecule has 8 heteroatoms. The van der Waals surface area contributed by atoms with Crippen molar-refractivity contribution in [1.82, 2.24) is 19.7 Å². The van der Waals surface area contributed by atoms with Gasteiger partial charge in [-0.05, 0) is 35.9 Å². The van der Waals surface area contributed by atoms with E-state index < -0.39 is 5.97 Å². The van der Waals surface area contributed by atoms with Crippen molar-refractivity contribution in [3.63, 3.8) is 0 Å². The van der Waals surface area contributed by atoms with Gasteiger partial charge in [0.25, 0.3) is 0 Å². The molecule has 0 saturated heterocycles. The van der Waals surface area contributed by atoms with Crippen LogP contribution in [0.2, 0.25) is 5.02 Å². The molecule has 134 valence electrons. The smallest absolute Gasteiger partial charge is 0.335 e. The molecule has 2 aromatic heterocycles. The Morgan fingerprint density at radius 3 is 2.81 bits per heavy atom. The SMILES string of the molecule is O=C(O)c1cccc(CNc2ncnc3c2cnn3-c2cccc(Cl)c2)c1. The van der Waals surface area contributed by atoms with E-state index in [1.54, 1.807) is 41.2 Å². The van der Waals surface area contributed by atoms with Crippen molar-refractivity contribution in [3.05, 3.63) is 77.2 Å². The maximum Gasteiger partial charge on any atom is 0.335 e. The van der Waals surface area contributed by atoms with Crippen molar-refractivity contribution in [2.24, 2.45) is 0 Å². The maximum absolute atomic E-state index is 11.1. The first kappa shape index (κ1) is 17.0. The lowest BCUT2D eigenvalue weighted by Crippen LogP contribution is -2.04. The van der Waals surface area contributed by atoms with Gasteiger partial charge in [0.15, 0.2) is 5.65 Å². The topological polar surface area (TPSA) is 92.9 Å². The monoisotopic (exact) mass is 379 g/mol. The first-order chi connectivity index (χ1) is 13.1. The summed E-state index contributed by atoms with van der Waals surface area (Å²) < 4.78 is 1.69. The van der Waals surface area contributed by atoms with Gasteiger partial charge in [0.1, 0.15) is 12.1 Å². The van der Waals surface area contributed by atoms with Gasteiger partial charge in [-0.25, -0.2) is 19.4 Å². The van der Waals surface area contributed by atoms with Crippen LogP contribution in [0.1, 0.15) is 15.9 Å². The minimum absolute atomic E-state index is 0.246. The summed E-state index contributed by atoms with van der Waals surface area (Å²) in [5, 5.41) is 18.1. The lowest BCUT2D eigenvalue weighted by Gasteiger charge is -2.08. The summed E-state index contributed by atoms with van der Waals surface area (Å²) >= 11 is 6.07. The van der Waals surface area contributed by atoms with E-state index >= 15 is 0 Å². The normalized spacial score (nSPS) is 10.9. The number of aromatic carboxylic acids is 1. The second-order valence-corrected chi connectivity index (χ2v) is 6.29. The minimum Gasteiger partial charge on any atom is -0.478 e. The van der Waals surface area contributed by atoms with Crippen molar-refractivity contribution < 1.29 is 9.90 Å². The average molecular weight is 380 g/mol. The van der Waals surface area contributed by atoms with Crippen molar-refractivity contribution in [2.75, 3.05) is 5.32 Å². The van der Waals surface area contributed by atoms with Crippen LogP contribution in [0.25, 0.3) is 16.7 Å². The quantitative estimate of drug-likeness (QED) is 0.548. The predicted octanol–water partition coefficient (Wildman–Crippen LogP) is 3.78. The van der Waals surface area contributed by atoms with Gasteiger partial charge in [-0.2, -0.15) is 5.10 Å². The van der Waals surface area contributed by atoms with Gasteiger partial charge < -0.3 is 10.4 Å². The van der Waals surface area contributed by atoms with E-state index in [9.17, 15) is 4.79 Å². The molecule has 4 rings (SSSR count). The second kappa shape index (κ2) is 7.05. The van der Waals surface area contributed by atoms with Gasteiger partial charge in [-0.3, -0.25) is 0 Å². The Bertz CT molecular complexity index is 1140. The highest BCUT2D eigenvalue weighted by atomic mass is 35.5. The molecule has 0 unspecified atom stereocenters. The standard InChI is InChI=1S/C19H14ClN5O2/c20-14-5-2-6-15(8-14)25-18-16(10-24-25)17(22-11-23-18)21-9-12-3-1-4-13(7-12)19(26)27/h1-8,10-11H,9H2,(H,26,27)(H,21,22,23). The number of benzene rings is 2. The lowest BCUT2D eigenvalue weighted by molar-refractivity contribution is 0.0696. The molecule has 0 fully saturated rings. The van der Waals surface area contributed by atoms with Crippen LogP contribution in [0, 0.1) is 0 Å².